The lowest BCUT2D eigenvalue weighted by Gasteiger charge is -2.09. The van der Waals surface area contributed by atoms with Crippen molar-refractivity contribution in [2.24, 2.45) is 0 Å². The zero-order valence-electron chi connectivity index (χ0n) is 20.2. The fourth-order valence-electron chi connectivity index (χ4n) is 3.85. The van der Waals surface area contributed by atoms with Crippen molar-refractivity contribution in [3.05, 3.63) is 83.2 Å². The van der Waals surface area contributed by atoms with E-state index in [0.717, 1.165) is 41.9 Å². The first-order valence-corrected chi connectivity index (χ1v) is 12.8. The molecule has 1 amide bonds. The van der Waals surface area contributed by atoms with Gasteiger partial charge < -0.3 is 19.9 Å². The zero-order valence-corrected chi connectivity index (χ0v) is 21.0. The normalized spacial score (nSPS) is 10.8. The minimum Gasteiger partial charge on any atom is -0.494 e. The summed E-state index contributed by atoms with van der Waals surface area (Å²) in [4.78, 5) is 22.1. The predicted molar refractivity (Wildman–Crippen MR) is 143 cm³/mol. The van der Waals surface area contributed by atoms with E-state index in [4.69, 9.17) is 14.6 Å². The van der Waals surface area contributed by atoms with Gasteiger partial charge in [-0.1, -0.05) is 24.3 Å². The second-order valence-corrected chi connectivity index (χ2v) is 9.37. The molecule has 7 heteroatoms. The molecule has 0 atom stereocenters. The van der Waals surface area contributed by atoms with Gasteiger partial charge in [-0.25, -0.2) is 4.79 Å². The highest BCUT2D eigenvalue weighted by Gasteiger charge is 2.07. The molecule has 0 aliphatic carbocycles. The third-order valence-electron chi connectivity index (χ3n) is 5.79. The van der Waals surface area contributed by atoms with Crippen LogP contribution in [0.5, 0.6) is 11.5 Å². The van der Waals surface area contributed by atoms with Crippen molar-refractivity contribution >= 4 is 33.3 Å². The van der Waals surface area contributed by atoms with E-state index in [9.17, 15) is 9.59 Å². The number of hydrogen-bond donors (Lipinski definition) is 2. The molecule has 4 aromatic rings. The average Bonchev–Trinajstić information content (AvgIpc) is 3.28. The summed E-state index contributed by atoms with van der Waals surface area (Å²) in [5.41, 5.74) is 3.47. The number of unbranched alkanes of at least 4 members (excludes halogenated alkanes) is 1. The highest BCUT2D eigenvalue weighted by atomic mass is 32.1. The van der Waals surface area contributed by atoms with Crippen molar-refractivity contribution < 1.29 is 24.2 Å². The quantitative estimate of drug-likeness (QED) is 0.225. The number of fused-ring (bicyclic) bond motifs is 1. The molecule has 0 fully saturated rings. The Morgan fingerprint density at radius 3 is 2.11 bits per heavy atom. The summed E-state index contributed by atoms with van der Waals surface area (Å²) in [6.07, 6.45) is 2.56. The highest BCUT2D eigenvalue weighted by Crippen LogP contribution is 2.30. The van der Waals surface area contributed by atoms with E-state index in [-0.39, 0.29) is 11.5 Å². The molecule has 1 aromatic heterocycles. The molecule has 0 bridgehead atoms. The minimum atomic E-state index is -0.927. The van der Waals surface area contributed by atoms with E-state index < -0.39 is 5.97 Å². The van der Waals surface area contributed by atoms with Crippen LogP contribution in [0.25, 0.3) is 21.2 Å². The molecule has 0 aliphatic rings. The van der Waals surface area contributed by atoms with E-state index >= 15 is 0 Å². The molecule has 4 rings (SSSR count). The Kier molecular flexibility index (Phi) is 8.57. The van der Waals surface area contributed by atoms with Crippen LogP contribution < -0.4 is 14.8 Å². The van der Waals surface area contributed by atoms with Crippen LogP contribution in [0.4, 0.5) is 0 Å². The minimum absolute atomic E-state index is 0.00986. The van der Waals surface area contributed by atoms with Gasteiger partial charge >= 0.3 is 5.97 Å². The lowest BCUT2D eigenvalue weighted by Crippen LogP contribution is -2.22. The predicted octanol–water partition coefficient (Wildman–Crippen LogP) is 6.18. The van der Waals surface area contributed by atoms with Crippen LogP contribution in [0, 0.1) is 0 Å². The van der Waals surface area contributed by atoms with Gasteiger partial charge in [-0.3, -0.25) is 4.79 Å². The van der Waals surface area contributed by atoms with Gasteiger partial charge in [0, 0.05) is 18.2 Å². The Morgan fingerprint density at radius 2 is 1.47 bits per heavy atom. The van der Waals surface area contributed by atoms with Crippen molar-refractivity contribution in [2.75, 3.05) is 19.8 Å². The van der Waals surface area contributed by atoms with Crippen LogP contribution in [-0.2, 0) is 11.2 Å². The Hall–Kier alpha value is -3.84. The van der Waals surface area contributed by atoms with E-state index in [1.807, 2.05) is 42.5 Å². The summed E-state index contributed by atoms with van der Waals surface area (Å²) in [5, 5.41) is 15.2. The molecular weight excluding hydrogens is 474 g/mol. The molecule has 0 unspecified atom stereocenters. The van der Waals surface area contributed by atoms with Crippen LogP contribution in [-0.4, -0.2) is 36.7 Å². The van der Waals surface area contributed by atoms with Gasteiger partial charge in [0.15, 0.2) is 0 Å². The Labute approximate surface area is 214 Å². The molecule has 6 nitrogen and oxygen atoms in total. The highest BCUT2D eigenvalue weighted by molar-refractivity contribution is 7.17. The molecule has 0 radical (unpaired) electrons. The molecule has 1 heterocycles. The molecule has 186 valence electrons. The van der Waals surface area contributed by atoms with Crippen LogP contribution >= 0.6 is 11.3 Å². The molecule has 0 saturated carbocycles. The third-order valence-corrected chi connectivity index (χ3v) is 6.80. The number of rotatable bonds is 12. The van der Waals surface area contributed by atoms with Crippen LogP contribution in [0.15, 0.2) is 72.1 Å². The van der Waals surface area contributed by atoms with Gasteiger partial charge in [0.2, 0.25) is 5.91 Å². The van der Waals surface area contributed by atoms with Crippen molar-refractivity contribution in [3.63, 3.8) is 0 Å². The van der Waals surface area contributed by atoms with Crippen molar-refractivity contribution in [3.8, 4) is 22.6 Å². The second kappa shape index (κ2) is 12.2. The molecule has 2 N–H and O–H groups in total. The zero-order chi connectivity index (χ0) is 25.3. The van der Waals surface area contributed by atoms with Gasteiger partial charge in [-0.2, -0.15) is 0 Å². The van der Waals surface area contributed by atoms with E-state index in [0.29, 0.717) is 19.8 Å². The third kappa shape index (κ3) is 6.86. The summed E-state index contributed by atoms with van der Waals surface area (Å²) in [6, 6.07) is 20.8. The van der Waals surface area contributed by atoms with Gasteiger partial charge in [0.1, 0.15) is 11.5 Å². The number of carbonyl (C=O) groups excluding carboxylic acids is 1. The number of carboxylic acid groups (broad SMARTS) is 1. The Morgan fingerprint density at radius 1 is 0.861 bits per heavy atom. The fourth-order valence-corrected chi connectivity index (χ4v) is 4.83. The first-order valence-electron chi connectivity index (χ1n) is 11.9. The summed E-state index contributed by atoms with van der Waals surface area (Å²) >= 11 is 1.71. The average molecular weight is 504 g/mol. The summed E-state index contributed by atoms with van der Waals surface area (Å²) in [7, 11) is 0. The Balaban J connectivity index is 1.19. The molecule has 36 heavy (non-hydrogen) atoms. The number of nitrogens with one attached hydrogen (secondary N) is 1. The number of thiophene rings is 1. The molecular formula is C29H29NO5S. The number of hydrogen-bond acceptors (Lipinski definition) is 5. The maximum Gasteiger partial charge on any atom is 0.335 e. The summed E-state index contributed by atoms with van der Waals surface area (Å²) in [5.74, 6) is 0.721. The Bertz CT molecular complexity index is 1310. The number of amides is 1. The first-order chi connectivity index (χ1) is 17.5. The van der Waals surface area contributed by atoms with Crippen molar-refractivity contribution in [1.29, 1.82) is 0 Å². The number of aromatic carboxylic acids is 1. The standard InChI is InChI=1S/C29H29NO5S/c1-20(31)30-15-14-24-19-36-28-13-12-26(18-27(24)28)35-17-3-2-16-34-25-10-8-22(9-11-25)21-4-6-23(7-5-21)29(32)33/h4-13,18-19H,2-3,14-17H2,1H3,(H,30,31)(H,32,33). The largest absolute Gasteiger partial charge is 0.494 e. The summed E-state index contributed by atoms with van der Waals surface area (Å²) in [6.45, 7) is 3.39. The lowest BCUT2D eigenvalue weighted by atomic mass is 10.0. The molecule has 0 spiro atoms. The maximum atomic E-state index is 11.1. The van der Waals surface area contributed by atoms with Crippen LogP contribution in [0.3, 0.4) is 0 Å². The first kappa shape index (κ1) is 25.3. The van der Waals surface area contributed by atoms with Crippen LogP contribution in [0.1, 0.15) is 35.7 Å². The molecule has 3 aromatic carbocycles. The number of carbonyl (C=O) groups is 2. The van der Waals surface area contributed by atoms with Crippen molar-refractivity contribution in [2.45, 2.75) is 26.2 Å². The topological polar surface area (TPSA) is 84.9 Å². The van der Waals surface area contributed by atoms with Gasteiger partial charge in [0.05, 0.1) is 18.8 Å². The molecule has 0 aliphatic heterocycles. The maximum absolute atomic E-state index is 11.1. The van der Waals surface area contributed by atoms with E-state index in [2.05, 4.69) is 22.8 Å². The van der Waals surface area contributed by atoms with Crippen LogP contribution in [0.2, 0.25) is 0 Å². The van der Waals surface area contributed by atoms with E-state index in [1.165, 1.54) is 22.6 Å². The second-order valence-electron chi connectivity index (χ2n) is 8.46. The van der Waals surface area contributed by atoms with Gasteiger partial charge in [-0.15, -0.1) is 11.3 Å². The lowest BCUT2D eigenvalue weighted by molar-refractivity contribution is -0.118. The molecule has 0 saturated heterocycles. The summed E-state index contributed by atoms with van der Waals surface area (Å²) < 4.78 is 13.0. The van der Waals surface area contributed by atoms with Gasteiger partial charge in [-0.05, 0) is 89.2 Å². The van der Waals surface area contributed by atoms with Crippen molar-refractivity contribution in [1.82, 2.24) is 5.32 Å². The number of carboxylic acids is 1. The smallest absolute Gasteiger partial charge is 0.335 e. The number of benzene rings is 3. The fraction of sp³-hybridized carbons (Fsp3) is 0.241. The van der Waals surface area contributed by atoms with Gasteiger partial charge in [0.25, 0.3) is 0 Å². The van der Waals surface area contributed by atoms with E-state index in [1.54, 1.807) is 23.5 Å². The monoisotopic (exact) mass is 503 g/mol. The number of ether oxygens (including phenoxy) is 2. The SMILES string of the molecule is CC(=O)NCCc1csc2ccc(OCCCCOc3ccc(-c4ccc(C(=O)O)cc4)cc3)cc12.